The van der Waals surface area contributed by atoms with Gasteiger partial charge in [0.25, 0.3) is 5.91 Å². The summed E-state index contributed by atoms with van der Waals surface area (Å²) in [5, 5.41) is 13.6. The molecule has 0 fully saturated rings. The predicted octanol–water partition coefficient (Wildman–Crippen LogP) is 1.04. The molecular weight excluding hydrogens is 272 g/mol. The molecule has 0 atom stereocenters. The molecule has 0 saturated carbocycles. The monoisotopic (exact) mass is 290 g/mol. The number of carbonyl (C=O) groups is 3. The second-order valence-electron chi connectivity index (χ2n) is 4.34. The normalized spacial score (nSPS) is 10.3. The standard InChI is InChI=1S/C15H18N2O4/c1-11(18)16-9-5-4-7-12-6-2-3-8-13(12)15(21)17-10-14(19)20/h2-4,6-8H,5,9-10H2,1H3,(H,16,18)(H,17,21)(H,19,20). The third-order valence-electron chi connectivity index (χ3n) is 2.59. The van der Waals surface area contributed by atoms with Gasteiger partial charge in [0, 0.05) is 19.0 Å². The SMILES string of the molecule is CC(=O)NCCC=Cc1ccccc1C(=O)NCC(=O)O. The maximum Gasteiger partial charge on any atom is 0.322 e. The molecule has 0 radical (unpaired) electrons. The quantitative estimate of drug-likeness (QED) is 0.654. The number of hydrogen-bond donors (Lipinski definition) is 3. The van der Waals surface area contributed by atoms with Crippen molar-refractivity contribution in [3.8, 4) is 0 Å². The maximum absolute atomic E-state index is 11.9. The van der Waals surface area contributed by atoms with Crippen LogP contribution in [0.2, 0.25) is 0 Å². The first-order chi connectivity index (χ1) is 10.0. The highest BCUT2D eigenvalue weighted by Crippen LogP contribution is 2.11. The van der Waals surface area contributed by atoms with Crippen LogP contribution in [0.25, 0.3) is 6.08 Å². The van der Waals surface area contributed by atoms with Crippen LogP contribution in [0, 0.1) is 0 Å². The Hall–Kier alpha value is -2.63. The van der Waals surface area contributed by atoms with Crippen LogP contribution in [0.3, 0.4) is 0 Å². The molecule has 6 nitrogen and oxygen atoms in total. The Morgan fingerprint density at radius 1 is 1.19 bits per heavy atom. The Balaban J connectivity index is 2.66. The Labute approximate surface area is 122 Å². The molecule has 0 unspecified atom stereocenters. The molecule has 3 N–H and O–H groups in total. The largest absolute Gasteiger partial charge is 0.480 e. The summed E-state index contributed by atoms with van der Waals surface area (Å²) in [6.07, 6.45) is 4.27. The average Bonchev–Trinajstić information content (AvgIpc) is 2.44. The Kier molecular flexibility index (Phi) is 6.67. The van der Waals surface area contributed by atoms with Crippen LogP contribution in [0.5, 0.6) is 0 Å². The summed E-state index contributed by atoms with van der Waals surface area (Å²) in [7, 11) is 0. The van der Waals surface area contributed by atoms with E-state index in [1.165, 1.54) is 6.92 Å². The minimum Gasteiger partial charge on any atom is -0.480 e. The van der Waals surface area contributed by atoms with Gasteiger partial charge in [-0.15, -0.1) is 0 Å². The number of benzene rings is 1. The number of carboxylic acid groups (broad SMARTS) is 1. The molecule has 2 amide bonds. The number of aliphatic carboxylic acids is 1. The van der Waals surface area contributed by atoms with E-state index >= 15 is 0 Å². The van der Waals surface area contributed by atoms with Crippen molar-refractivity contribution in [1.29, 1.82) is 0 Å². The lowest BCUT2D eigenvalue weighted by Gasteiger charge is -2.06. The van der Waals surface area contributed by atoms with Gasteiger partial charge in [-0.1, -0.05) is 30.4 Å². The first-order valence-electron chi connectivity index (χ1n) is 6.50. The van der Waals surface area contributed by atoms with E-state index in [2.05, 4.69) is 10.6 Å². The molecule has 0 spiro atoms. The van der Waals surface area contributed by atoms with Crippen LogP contribution in [-0.2, 0) is 9.59 Å². The number of carboxylic acids is 1. The summed E-state index contributed by atoms with van der Waals surface area (Å²) in [6, 6.07) is 6.90. The molecule has 21 heavy (non-hydrogen) atoms. The third kappa shape index (κ3) is 6.38. The number of nitrogens with one attached hydrogen (secondary N) is 2. The summed E-state index contributed by atoms with van der Waals surface area (Å²) in [5.74, 6) is -1.61. The Morgan fingerprint density at radius 2 is 1.90 bits per heavy atom. The van der Waals surface area contributed by atoms with Crippen LogP contribution in [0.15, 0.2) is 30.3 Å². The number of hydrogen-bond acceptors (Lipinski definition) is 3. The van der Waals surface area contributed by atoms with Gasteiger partial charge in [-0.05, 0) is 18.1 Å². The van der Waals surface area contributed by atoms with Gasteiger partial charge in [-0.25, -0.2) is 0 Å². The second kappa shape index (κ2) is 8.52. The van der Waals surface area contributed by atoms with E-state index in [0.29, 0.717) is 24.1 Å². The summed E-state index contributed by atoms with van der Waals surface area (Å²) < 4.78 is 0. The molecule has 0 aliphatic carbocycles. The number of amides is 2. The van der Waals surface area contributed by atoms with Gasteiger partial charge >= 0.3 is 5.97 Å². The Morgan fingerprint density at radius 3 is 2.57 bits per heavy atom. The molecule has 0 aliphatic heterocycles. The molecule has 6 heteroatoms. The third-order valence-corrected chi connectivity index (χ3v) is 2.59. The summed E-state index contributed by atoms with van der Waals surface area (Å²) >= 11 is 0. The molecule has 1 aromatic carbocycles. The molecule has 0 aliphatic rings. The van der Waals surface area contributed by atoms with Crippen LogP contribution in [0.1, 0.15) is 29.3 Å². The molecule has 0 aromatic heterocycles. The first kappa shape index (κ1) is 16.4. The number of rotatable bonds is 7. The molecule has 0 saturated heterocycles. The lowest BCUT2D eigenvalue weighted by Crippen LogP contribution is -2.29. The zero-order valence-electron chi connectivity index (χ0n) is 11.8. The second-order valence-corrected chi connectivity index (χ2v) is 4.34. The molecule has 0 heterocycles. The van der Waals surface area contributed by atoms with E-state index in [1.807, 2.05) is 6.08 Å². The molecular formula is C15H18N2O4. The molecule has 1 rings (SSSR count). The van der Waals surface area contributed by atoms with Crippen molar-refractivity contribution in [3.05, 3.63) is 41.5 Å². The van der Waals surface area contributed by atoms with Gasteiger partial charge in [0.2, 0.25) is 5.91 Å². The molecule has 0 bridgehead atoms. The van der Waals surface area contributed by atoms with Gasteiger partial charge in [0.15, 0.2) is 0 Å². The van der Waals surface area contributed by atoms with Crippen molar-refractivity contribution < 1.29 is 19.5 Å². The summed E-state index contributed by atoms with van der Waals surface area (Å²) in [4.78, 5) is 33.0. The van der Waals surface area contributed by atoms with Crippen LogP contribution >= 0.6 is 0 Å². The van der Waals surface area contributed by atoms with E-state index < -0.39 is 18.4 Å². The van der Waals surface area contributed by atoms with Crippen LogP contribution < -0.4 is 10.6 Å². The van der Waals surface area contributed by atoms with Crippen LogP contribution in [-0.4, -0.2) is 36.0 Å². The van der Waals surface area contributed by atoms with Gasteiger partial charge in [0.1, 0.15) is 6.54 Å². The smallest absolute Gasteiger partial charge is 0.322 e. The first-order valence-corrected chi connectivity index (χ1v) is 6.50. The predicted molar refractivity (Wildman–Crippen MR) is 78.7 cm³/mol. The summed E-state index contributed by atoms with van der Waals surface area (Å²) in [5.41, 5.74) is 1.11. The van der Waals surface area contributed by atoms with E-state index in [4.69, 9.17) is 5.11 Å². The molecule has 112 valence electrons. The zero-order valence-corrected chi connectivity index (χ0v) is 11.8. The Bertz CT molecular complexity index is 552. The van der Waals surface area contributed by atoms with E-state index in [-0.39, 0.29) is 5.91 Å². The van der Waals surface area contributed by atoms with Gasteiger partial charge < -0.3 is 15.7 Å². The summed E-state index contributed by atoms with van der Waals surface area (Å²) in [6.45, 7) is 1.56. The highest BCUT2D eigenvalue weighted by Gasteiger charge is 2.09. The highest BCUT2D eigenvalue weighted by atomic mass is 16.4. The van der Waals surface area contributed by atoms with Gasteiger partial charge in [0.05, 0.1) is 0 Å². The fourth-order valence-electron chi connectivity index (χ4n) is 1.64. The van der Waals surface area contributed by atoms with E-state index in [0.717, 1.165) is 0 Å². The minimum atomic E-state index is -1.09. The number of carbonyl (C=O) groups excluding carboxylic acids is 2. The van der Waals surface area contributed by atoms with Gasteiger partial charge in [-0.2, -0.15) is 0 Å². The van der Waals surface area contributed by atoms with Crippen molar-refractivity contribution in [2.75, 3.05) is 13.1 Å². The van der Waals surface area contributed by atoms with Gasteiger partial charge in [-0.3, -0.25) is 14.4 Å². The van der Waals surface area contributed by atoms with E-state index in [9.17, 15) is 14.4 Å². The van der Waals surface area contributed by atoms with Crippen LogP contribution in [0.4, 0.5) is 0 Å². The van der Waals surface area contributed by atoms with Crippen molar-refractivity contribution in [3.63, 3.8) is 0 Å². The lowest BCUT2D eigenvalue weighted by molar-refractivity contribution is -0.135. The fourth-order valence-corrected chi connectivity index (χ4v) is 1.64. The maximum atomic E-state index is 11.9. The fraction of sp³-hybridized carbons (Fsp3) is 0.267. The highest BCUT2D eigenvalue weighted by molar-refractivity contribution is 5.98. The van der Waals surface area contributed by atoms with Crippen molar-refractivity contribution in [2.24, 2.45) is 0 Å². The van der Waals surface area contributed by atoms with E-state index in [1.54, 1.807) is 30.3 Å². The zero-order chi connectivity index (χ0) is 15.7. The molecule has 1 aromatic rings. The van der Waals surface area contributed by atoms with Crippen molar-refractivity contribution >= 4 is 23.9 Å². The average molecular weight is 290 g/mol. The van der Waals surface area contributed by atoms with Crippen molar-refractivity contribution in [1.82, 2.24) is 10.6 Å². The lowest BCUT2D eigenvalue weighted by atomic mass is 10.1. The van der Waals surface area contributed by atoms with Crippen molar-refractivity contribution in [2.45, 2.75) is 13.3 Å². The topological polar surface area (TPSA) is 95.5 Å². The minimum absolute atomic E-state index is 0.0863.